The van der Waals surface area contributed by atoms with Crippen molar-refractivity contribution in [3.63, 3.8) is 0 Å². The molecule has 1 aromatic heterocycles. The molecule has 0 unspecified atom stereocenters. The predicted molar refractivity (Wildman–Crippen MR) is 167 cm³/mol. The lowest BCUT2D eigenvalue weighted by molar-refractivity contribution is -0.0969. The number of aromatic nitrogens is 2. The zero-order chi connectivity index (χ0) is 31.7. The van der Waals surface area contributed by atoms with Crippen LogP contribution in [-0.2, 0) is 24.1 Å². The summed E-state index contributed by atoms with van der Waals surface area (Å²) in [6, 6.07) is 16.4. The number of rotatable bonds is 9. The monoisotopic (exact) mass is 672 g/mol. The zero-order valence-electron chi connectivity index (χ0n) is 24.7. The van der Waals surface area contributed by atoms with Gasteiger partial charge in [-0.15, -0.1) is 10.2 Å². The van der Waals surface area contributed by atoms with Crippen molar-refractivity contribution < 1.29 is 28.3 Å². The third-order valence-electron chi connectivity index (χ3n) is 8.03. The number of nitrogens with zero attached hydrogens (tertiary/aromatic N) is 3. The number of hydrogen-bond acceptors (Lipinski definition) is 7. The maximum atomic E-state index is 14.9. The molecule has 6 rings (SSSR count). The predicted octanol–water partition coefficient (Wildman–Crippen LogP) is 6.24. The molecule has 0 bridgehead atoms. The average Bonchev–Trinajstić information content (AvgIpc) is 3.27. The summed E-state index contributed by atoms with van der Waals surface area (Å²) in [6.07, 6.45) is 3.34. The molecule has 0 radical (unpaired) electrons. The first kappa shape index (κ1) is 30.5. The lowest BCUT2D eigenvalue weighted by Gasteiger charge is -2.24. The summed E-state index contributed by atoms with van der Waals surface area (Å²) in [5.74, 6) is -2.49. The van der Waals surface area contributed by atoms with Gasteiger partial charge in [0, 0.05) is 0 Å². The van der Waals surface area contributed by atoms with Crippen LogP contribution < -0.4 is 10.1 Å². The maximum absolute atomic E-state index is 14.9. The van der Waals surface area contributed by atoms with Gasteiger partial charge >= 0.3 is 0 Å². The molecule has 9 nitrogen and oxygen atoms in total. The number of halogens is 2. The molecule has 2 aliphatic rings. The van der Waals surface area contributed by atoms with E-state index in [1.165, 1.54) is 6.07 Å². The lowest BCUT2D eigenvalue weighted by atomic mass is 9.92. The van der Waals surface area contributed by atoms with Crippen molar-refractivity contribution in [1.29, 1.82) is 0 Å². The van der Waals surface area contributed by atoms with Gasteiger partial charge in [-0.3, -0.25) is 19.2 Å². The van der Waals surface area contributed by atoms with Crippen LogP contribution in [0.1, 0.15) is 71.9 Å². The van der Waals surface area contributed by atoms with Crippen LogP contribution in [0.3, 0.4) is 0 Å². The summed E-state index contributed by atoms with van der Waals surface area (Å²) < 4.78 is 21.0. The van der Waals surface area contributed by atoms with Gasteiger partial charge in [-0.05, 0) is 103 Å². The Morgan fingerprint density at radius 3 is 2.47 bits per heavy atom. The van der Waals surface area contributed by atoms with Gasteiger partial charge in [-0.25, -0.2) is 4.39 Å². The van der Waals surface area contributed by atoms with Gasteiger partial charge in [0.15, 0.2) is 11.6 Å². The zero-order valence-corrected chi connectivity index (χ0v) is 26.3. The summed E-state index contributed by atoms with van der Waals surface area (Å²) in [6.45, 7) is 3.80. The molecule has 0 spiro atoms. The minimum absolute atomic E-state index is 0.107. The van der Waals surface area contributed by atoms with Crippen LogP contribution in [0.2, 0.25) is 0 Å². The van der Waals surface area contributed by atoms with E-state index in [1.807, 2.05) is 32.0 Å². The van der Waals surface area contributed by atoms with E-state index in [0.29, 0.717) is 30.5 Å². The number of ether oxygens (including phenoxy) is 1. The quantitative estimate of drug-likeness (QED) is 0.210. The standard InChI is InChI=1S/C34H30BrFN4O5/c1-19-14-15-21(20(2)16-19)17-22(18-44-40-33(42)23-8-3-4-9-24(23)34(40)43)37-31(41)29-25-10-5-6-12-27(25)38-39-32(29)45-28-13-7-11-26(35)30(28)36/h3-4,7-9,11,13-16,22H,5-6,10,12,17-18H2,1-2H3,(H,37,41)/t22-/m1/s1. The summed E-state index contributed by atoms with van der Waals surface area (Å²) in [7, 11) is 0. The number of carbonyl (C=O) groups is 3. The first-order valence-electron chi connectivity index (χ1n) is 14.7. The average molecular weight is 674 g/mol. The first-order valence-corrected chi connectivity index (χ1v) is 15.5. The number of benzene rings is 3. The molecule has 1 aliphatic heterocycles. The third-order valence-corrected chi connectivity index (χ3v) is 8.64. The van der Waals surface area contributed by atoms with Crippen LogP contribution >= 0.6 is 15.9 Å². The number of aryl methyl sites for hydroxylation is 3. The van der Waals surface area contributed by atoms with Crippen molar-refractivity contribution in [3.8, 4) is 11.6 Å². The summed E-state index contributed by atoms with van der Waals surface area (Å²) in [5, 5.41) is 12.3. The molecular formula is C34H30BrFN4O5. The number of nitrogens with one attached hydrogen (secondary N) is 1. The molecule has 0 saturated carbocycles. The molecule has 1 aliphatic carbocycles. The molecule has 3 aromatic carbocycles. The van der Waals surface area contributed by atoms with Gasteiger partial charge in [-0.1, -0.05) is 42.0 Å². The normalized spacial score (nSPS) is 14.6. The molecule has 230 valence electrons. The smallest absolute Gasteiger partial charge is 0.285 e. The number of carbonyl (C=O) groups excluding carboxylic acids is 3. The second-order valence-electron chi connectivity index (χ2n) is 11.2. The fourth-order valence-corrected chi connectivity index (χ4v) is 6.07. The summed E-state index contributed by atoms with van der Waals surface area (Å²) >= 11 is 3.17. The van der Waals surface area contributed by atoms with E-state index in [2.05, 4.69) is 31.4 Å². The van der Waals surface area contributed by atoms with E-state index >= 15 is 0 Å². The highest BCUT2D eigenvalue weighted by Gasteiger charge is 2.37. The maximum Gasteiger partial charge on any atom is 0.285 e. The number of amides is 3. The molecule has 3 amide bonds. The highest BCUT2D eigenvalue weighted by molar-refractivity contribution is 9.10. The van der Waals surface area contributed by atoms with Crippen molar-refractivity contribution >= 4 is 33.7 Å². The van der Waals surface area contributed by atoms with Gasteiger partial charge < -0.3 is 10.1 Å². The number of hydroxylamine groups is 2. The van der Waals surface area contributed by atoms with Crippen LogP contribution in [-0.4, -0.2) is 45.6 Å². The number of hydrogen-bond donors (Lipinski definition) is 1. The lowest BCUT2D eigenvalue weighted by Crippen LogP contribution is -2.43. The third kappa shape index (κ3) is 6.23. The first-order chi connectivity index (χ1) is 21.7. The fourth-order valence-electron chi connectivity index (χ4n) is 5.72. The summed E-state index contributed by atoms with van der Waals surface area (Å²) in [5.41, 5.74) is 5.15. The van der Waals surface area contributed by atoms with E-state index in [4.69, 9.17) is 9.57 Å². The van der Waals surface area contributed by atoms with Crippen LogP contribution in [0.4, 0.5) is 4.39 Å². The molecule has 2 heterocycles. The Morgan fingerprint density at radius 1 is 1.00 bits per heavy atom. The topological polar surface area (TPSA) is 111 Å². The Bertz CT molecular complexity index is 1800. The van der Waals surface area contributed by atoms with Crippen molar-refractivity contribution in [2.24, 2.45) is 0 Å². The van der Waals surface area contributed by atoms with Gasteiger partial charge in [0.25, 0.3) is 23.6 Å². The Hall–Kier alpha value is -4.48. The highest BCUT2D eigenvalue weighted by Crippen LogP contribution is 2.33. The van der Waals surface area contributed by atoms with Crippen LogP contribution in [0, 0.1) is 19.7 Å². The Kier molecular flexibility index (Phi) is 8.73. The van der Waals surface area contributed by atoms with E-state index in [9.17, 15) is 18.8 Å². The molecule has 0 saturated heterocycles. The Balaban J connectivity index is 1.31. The molecule has 45 heavy (non-hydrogen) atoms. The van der Waals surface area contributed by atoms with Crippen LogP contribution in [0.5, 0.6) is 11.6 Å². The molecule has 0 fully saturated rings. The van der Waals surface area contributed by atoms with Crippen molar-refractivity contribution in [3.05, 3.63) is 116 Å². The van der Waals surface area contributed by atoms with Gasteiger partial charge in [-0.2, -0.15) is 5.10 Å². The van der Waals surface area contributed by atoms with Gasteiger partial charge in [0.2, 0.25) is 0 Å². The van der Waals surface area contributed by atoms with Crippen LogP contribution in [0.25, 0.3) is 0 Å². The van der Waals surface area contributed by atoms with Crippen molar-refractivity contribution in [2.75, 3.05) is 6.61 Å². The molecule has 1 N–H and O–H groups in total. The minimum atomic E-state index is -0.675. The minimum Gasteiger partial charge on any atom is -0.434 e. The summed E-state index contributed by atoms with van der Waals surface area (Å²) in [4.78, 5) is 45.9. The second kappa shape index (κ2) is 12.9. The highest BCUT2D eigenvalue weighted by atomic mass is 79.9. The van der Waals surface area contributed by atoms with E-state index < -0.39 is 29.6 Å². The molecule has 4 aromatic rings. The van der Waals surface area contributed by atoms with Crippen LogP contribution in [0.15, 0.2) is 65.1 Å². The largest absolute Gasteiger partial charge is 0.434 e. The number of fused-ring (bicyclic) bond motifs is 2. The molecule has 11 heteroatoms. The fraction of sp³-hybridized carbons (Fsp3) is 0.265. The van der Waals surface area contributed by atoms with Gasteiger partial charge in [0.05, 0.1) is 33.9 Å². The van der Waals surface area contributed by atoms with E-state index in [0.717, 1.165) is 34.6 Å². The second-order valence-corrected chi connectivity index (χ2v) is 12.1. The van der Waals surface area contributed by atoms with Crippen molar-refractivity contribution in [1.82, 2.24) is 20.6 Å². The SMILES string of the molecule is Cc1ccc(C[C@H](CON2C(=O)c3ccccc3C2=O)NC(=O)c2c(Oc3cccc(Br)c3F)nnc3c2CCCC3)c(C)c1. The molecular weight excluding hydrogens is 643 g/mol. The van der Waals surface area contributed by atoms with E-state index in [1.54, 1.807) is 36.4 Å². The number of imide groups is 1. The van der Waals surface area contributed by atoms with E-state index in [-0.39, 0.29) is 39.4 Å². The Morgan fingerprint density at radius 2 is 1.73 bits per heavy atom. The van der Waals surface area contributed by atoms with Gasteiger partial charge in [0.1, 0.15) is 5.56 Å². The Labute approximate surface area is 267 Å². The van der Waals surface area contributed by atoms with Crippen molar-refractivity contribution in [2.45, 2.75) is 52.0 Å². The molecule has 1 atom stereocenters.